The molecule has 7 nitrogen and oxygen atoms in total. The van der Waals surface area contributed by atoms with Crippen molar-refractivity contribution in [3.63, 3.8) is 0 Å². The number of nitrogens with one attached hydrogen (secondary N) is 1. The molecule has 1 saturated carbocycles. The average Bonchev–Trinajstić information content (AvgIpc) is 3.02. The van der Waals surface area contributed by atoms with Gasteiger partial charge in [-0.15, -0.1) is 0 Å². The molecule has 3 rings (SSSR count). The quantitative estimate of drug-likeness (QED) is 0.701. The number of carbonyl (C=O) groups is 1. The Kier molecular flexibility index (Phi) is 2.88. The highest BCUT2D eigenvalue weighted by atomic mass is 16.1. The number of nitrogens with zero attached hydrogens (tertiary/aromatic N) is 3. The van der Waals surface area contributed by atoms with Crippen molar-refractivity contribution < 1.29 is 4.79 Å². The van der Waals surface area contributed by atoms with Gasteiger partial charge >= 0.3 is 0 Å². The first-order valence-electron chi connectivity index (χ1n) is 6.57. The number of nitrogens with two attached hydrogens (primary N) is 2. The molecule has 19 heavy (non-hydrogen) atoms. The maximum absolute atomic E-state index is 11.2. The Bertz CT molecular complexity index is 501. The lowest BCUT2D eigenvalue weighted by Crippen LogP contribution is -2.28. The van der Waals surface area contributed by atoms with E-state index in [1.54, 1.807) is 0 Å². The van der Waals surface area contributed by atoms with Crippen molar-refractivity contribution in [2.75, 3.05) is 29.0 Å². The molecule has 1 aliphatic heterocycles. The zero-order valence-electron chi connectivity index (χ0n) is 10.7. The van der Waals surface area contributed by atoms with Crippen LogP contribution in [0.4, 0.5) is 17.6 Å². The summed E-state index contributed by atoms with van der Waals surface area (Å²) in [6.45, 7) is 1.38. The Balaban J connectivity index is 1.76. The number of hydrogen-bond acceptors (Lipinski definition) is 6. The molecule has 5 N–H and O–H groups in total. The summed E-state index contributed by atoms with van der Waals surface area (Å²) in [6, 6.07) is 2.40. The van der Waals surface area contributed by atoms with Crippen LogP contribution in [0.25, 0.3) is 0 Å². The zero-order chi connectivity index (χ0) is 13.4. The van der Waals surface area contributed by atoms with Gasteiger partial charge in [-0.05, 0) is 19.3 Å². The smallest absolute Gasteiger partial charge is 0.223 e. The Morgan fingerprint density at radius 2 is 2.16 bits per heavy atom. The van der Waals surface area contributed by atoms with Gasteiger partial charge in [-0.2, -0.15) is 9.97 Å². The van der Waals surface area contributed by atoms with Crippen LogP contribution >= 0.6 is 0 Å². The molecule has 0 spiro atoms. The summed E-state index contributed by atoms with van der Waals surface area (Å²) in [4.78, 5) is 21.6. The van der Waals surface area contributed by atoms with Gasteiger partial charge in [-0.25, -0.2) is 0 Å². The highest BCUT2D eigenvalue weighted by Crippen LogP contribution is 2.27. The second kappa shape index (κ2) is 4.56. The number of primary amides is 1. The van der Waals surface area contributed by atoms with Crippen molar-refractivity contribution in [2.45, 2.75) is 25.3 Å². The summed E-state index contributed by atoms with van der Waals surface area (Å²) < 4.78 is 0. The second-order valence-corrected chi connectivity index (χ2v) is 5.22. The number of amides is 1. The fourth-order valence-electron chi connectivity index (χ4n) is 2.33. The lowest BCUT2D eigenvalue weighted by atomic mass is 10.1. The number of anilines is 3. The van der Waals surface area contributed by atoms with E-state index < -0.39 is 0 Å². The van der Waals surface area contributed by atoms with Crippen LogP contribution in [-0.2, 0) is 4.79 Å². The van der Waals surface area contributed by atoms with Gasteiger partial charge in [0.25, 0.3) is 0 Å². The number of carbonyl (C=O) groups excluding carboxylic acids is 1. The van der Waals surface area contributed by atoms with Crippen LogP contribution in [0.2, 0.25) is 0 Å². The van der Waals surface area contributed by atoms with Crippen molar-refractivity contribution in [1.29, 1.82) is 0 Å². The van der Waals surface area contributed by atoms with Gasteiger partial charge in [-0.1, -0.05) is 0 Å². The number of aromatic nitrogens is 2. The van der Waals surface area contributed by atoms with Gasteiger partial charge in [0.05, 0.1) is 5.92 Å². The predicted octanol–water partition coefficient (Wildman–Crippen LogP) is -0.0553. The molecular weight excluding hydrogens is 244 g/mol. The molecule has 1 aromatic heterocycles. The van der Waals surface area contributed by atoms with Crippen LogP contribution in [0.3, 0.4) is 0 Å². The highest BCUT2D eigenvalue weighted by Gasteiger charge is 2.28. The van der Waals surface area contributed by atoms with Crippen LogP contribution in [0.5, 0.6) is 0 Å². The fourth-order valence-corrected chi connectivity index (χ4v) is 2.33. The molecule has 1 atom stereocenters. The molecule has 7 heteroatoms. The molecule has 0 bridgehead atoms. The summed E-state index contributed by atoms with van der Waals surface area (Å²) in [5.74, 6) is 1.42. The Hall–Kier alpha value is -2.05. The van der Waals surface area contributed by atoms with Gasteiger partial charge in [0.2, 0.25) is 11.9 Å². The van der Waals surface area contributed by atoms with Crippen LogP contribution in [-0.4, -0.2) is 35.0 Å². The Morgan fingerprint density at radius 3 is 2.79 bits per heavy atom. The summed E-state index contributed by atoms with van der Waals surface area (Å²) in [5.41, 5.74) is 11.1. The first kappa shape index (κ1) is 12.0. The minimum Gasteiger partial charge on any atom is -0.369 e. The summed E-state index contributed by atoms with van der Waals surface area (Å²) in [5, 5.41) is 3.31. The van der Waals surface area contributed by atoms with Crippen molar-refractivity contribution in [3.05, 3.63) is 6.07 Å². The van der Waals surface area contributed by atoms with Crippen LogP contribution in [0.15, 0.2) is 6.07 Å². The van der Waals surface area contributed by atoms with Gasteiger partial charge in [-0.3, -0.25) is 4.79 Å². The zero-order valence-corrected chi connectivity index (χ0v) is 10.7. The largest absolute Gasteiger partial charge is 0.369 e. The average molecular weight is 262 g/mol. The molecule has 102 valence electrons. The number of rotatable bonds is 4. The Labute approximate surface area is 111 Å². The van der Waals surface area contributed by atoms with Crippen molar-refractivity contribution in [1.82, 2.24) is 9.97 Å². The Morgan fingerprint density at radius 1 is 1.37 bits per heavy atom. The van der Waals surface area contributed by atoms with Crippen molar-refractivity contribution in [3.8, 4) is 0 Å². The van der Waals surface area contributed by atoms with E-state index in [1.807, 2.05) is 11.0 Å². The maximum atomic E-state index is 11.2. The van der Waals surface area contributed by atoms with Crippen LogP contribution in [0.1, 0.15) is 19.3 Å². The minimum absolute atomic E-state index is 0.101. The highest BCUT2D eigenvalue weighted by molar-refractivity contribution is 5.78. The van der Waals surface area contributed by atoms with E-state index in [0.29, 0.717) is 12.6 Å². The van der Waals surface area contributed by atoms with Crippen molar-refractivity contribution >= 4 is 23.5 Å². The minimum atomic E-state index is -0.249. The standard InChI is InChI=1S/C12H18N6O/c13-11(19)7-3-4-18(6-7)10-5-9(15-8-1-2-8)16-12(14)17-10/h5,7-8H,1-4,6H2,(H2,13,19)(H3,14,15,16,17)/t7-/m1/s1. The van der Waals surface area contributed by atoms with E-state index in [9.17, 15) is 4.79 Å². The first-order valence-corrected chi connectivity index (χ1v) is 6.57. The summed E-state index contributed by atoms with van der Waals surface area (Å²) in [6.07, 6.45) is 3.12. The topological polar surface area (TPSA) is 110 Å². The summed E-state index contributed by atoms with van der Waals surface area (Å²) in [7, 11) is 0. The molecule has 0 radical (unpaired) electrons. The SMILES string of the molecule is NC(=O)[C@@H]1CCN(c2cc(NC3CC3)nc(N)n2)C1. The lowest BCUT2D eigenvalue weighted by Gasteiger charge is -2.18. The second-order valence-electron chi connectivity index (χ2n) is 5.22. The van der Waals surface area contributed by atoms with Gasteiger partial charge < -0.3 is 21.7 Å². The third-order valence-corrected chi connectivity index (χ3v) is 3.57. The molecular formula is C12H18N6O. The molecule has 0 aromatic carbocycles. The number of nitrogen functional groups attached to an aromatic ring is 1. The van der Waals surface area contributed by atoms with Crippen LogP contribution < -0.4 is 21.7 Å². The first-order chi connectivity index (χ1) is 9.11. The maximum Gasteiger partial charge on any atom is 0.223 e. The lowest BCUT2D eigenvalue weighted by molar-refractivity contribution is -0.121. The van der Waals surface area contributed by atoms with E-state index in [1.165, 1.54) is 12.8 Å². The predicted molar refractivity (Wildman–Crippen MR) is 72.6 cm³/mol. The molecule has 0 unspecified atom stereocenters. The van der Waals surface area contributed by atoms with Crippen molar-refractivity contribution in [2.24, 2.45) is 11.7 Å². The van der Waals surface area contributed by atoms with E-state index >= 15 is 0 Å². The van der Waals surface area contributed by atoms with Crippen LogP contribution in [0, 0.1) is 5.92 Å². The van der Waals surface area contributed by atoms with E-state index in [0.717, 1.165) is 24.6 Å². The van der Waals surface area contributed by atoms with Gasteiger partial charge in [0.1, 0.15) is 11.6 Å². The fraction of sp³-hybridized carbons (Fsp3) is 0.583. The molecule has 1 aromatic rings. The third kappa shape index (κ3) is 2.69. The van der Waals surface area contributed by atoms with E-state index in [-0.39, 0.29) is 17.8 Å². The summed E-state index contributed by atoms with van der Waals surface area (Å²) >= 11 is 0. The van der Waals surface area contributed by atoms with E-state index in [4.69, 9.17) is 11.5 Å². The molecule has 1 saturated heterocycles. The molecule has 2 fully saturated rings. The number of hydrogen-bond donors (Lipinski definition) is 3. The van der Waals surface area contributed by atoms with Gasteiger partial charge in [0, 0.05) is 25.2 Å². The normalized spacial score (nSPS) is 22.5. The molecule has 1 amide bonds. The van der Waals surface area contributed by atoms with Gasteiger partial charge in [0.15, 0.2) is 0 Å². The molecule has 1 aliphatic carbocycles. The van der Waals surface area contributed by atoms with E-state index in [2.05, 4.69) is 15.3 Å². The third-order valence-electron chi connectivity index (χ3n) is 3.57. The monoisotopic (exact) mass is 262 g/mol. The molecule has 2 heterocycles. The molecule has 2 aliphatic rings.